The minimum absolute atomic E-state index is 0. The second-order valence-corrected chi connectivity index (χ2v) is 4.42. The number of alkyl halides is 2. The number of nitrogens with one attached hydrogen (secondary N) is 2. The Kier molecular flexibility index (Phi) is 6.67. The van der Waals surface area contributed by atoms with Gasteiger partial charge in [0.25, 0.3) is 5.91 Å². The van der Waals surface area contributed by atoms with Gasteiger partial charge >= 0.3 is 6.61 Å². The second-order valence-electron chi connectivity index (χ2n) is 4.42. The third-order valence-electron chi connectivity index (χ3n) is 2.95. The monoisotopic (exact) mass is 306 g/mol. The first kappa shape index (κ1) is 16.7. The normalized spacial score (nSPS) is 18.2. The van der Waals surface area contributed by atoms with Crippen molar-refractivity contribution in [2.24, 2.45) is 0 Å². The van der Waals surface area contributed by atoms with E-state index in [2.05, 4.69) is 15.4 Å². The third kappa shape index (κ3) is 4.94. The predicted molar refractivity (Wildman–Crippen MR) is 73.7 cm³/mol. The van der Waals surface area contributed by atoms with Crippen LogP contribution in [0, 0.1) is 0 Å². The molecule has 1 aliphatic rings. The summed E-state index contributed by atoms with van der Waals surface area (Å²) in [5.41, 5.74) is 0.323. The van der Waals surface area contributed by atoms with Crippen LogP contribution in [0.25, 0.3) is 0 Å². The van der Waals surface area contributed by atoms with Crippen molar-refractivity contribution in [2.75, 3.05) is 13.1 Å². The number of hydrogen-bond acceptors (Lipinski definition) is 3. The van der Waals surface area contributed by atoms with Gasteiger partial charge < -0.3 is 15.4 Å². The Hall–Kier alpha value is -1.40. The quantitative estimate of drug-likeness (QED) is 0.896. The number of rotatable bonds is 4. The van der Waals surface area contributed by atoms with E-state index in [4.69, 9.17) is 0 Å². The van der Waals surface area contributed by atoms with E-state index in [0.717, 1.165) is 25.9 Å². The molecule has 0 spiro atoms. The molecule has 2 N–H and O–H groups in total. The van der Waals surface area contributed by atoms with E-state index in [0.29, 0.717) is 5.56 Å². The highest BCUT2D eigenvalue weighted by Crippen LogP contribution is 2.16. The first-order valence-corrected chi connectivity index (χ1v) is 6.21. The molecule has 0 bridgehead atoms. The van der Waals surface area contributed by atoms with E-state index < -0.39 is 6.61 Å². The number of amides is 1. The number of halogens is 3. The van der Waals surface area contributed by atoms with E-state index in [9.17, 15) is 13.6 Å². The van der Waals surface area contributed by atoms with Crippen LogP contribution in [0.3, 0.4) is 0 Å². The zero-order valence-corrected chi connectivity index (χ0v) is 11.6. The van der Waals surface area contributed by atoms with Gasteiger partial charge in [-0.3, -0.25) is 4.79 Å². The van der Waals surface area contributed by atoms with Crippen LogP contribution in [-0.2, 0) is 0 Å². The number of benzene rings is 1. The lowest BCUT2D eigenvalue weighted by Crippen LogP contribution is -2.45. The fraction of sp³-hybridized carbons (Fsp3) is 0.462. The van der Waals surface area contributed by atoms with Crippen molar-refractivity contribution in [3.8, 4) is 5.75 Å². The Morgan fingerprint density at radius 3 is 2.90 bits per heavy atom. The largest absolute Gasteiger partial charge is 0.435 e. The highest BCUT2D eigenvalue weighted by atomic mass is 35.5. The zero-order chi connectivity index (χ0) is 13.7. The molecule has 1 aromatic carbocycles. The standard InChI is InChI=1S/C13H16F2N2O2.ClH/c14-13(15)19-11-5-1-3-9(7-11)12(18)17-10-4-2-6-16-8-10;/h1,3,5,7,10,13,16H,2,4,6,8H2,(H,17,18);1H/t10-;/m1./s1. The molecule has 1 amide bonds. The van der Waals surface area contributed by atoms with Crippen molar-refractivity contribution in [3.05, 3.63) is 29.8 Å². The fourth-order valence-electron chi connectivity index (χ4n) is 2.06. The van der Waals surface area contributed by atoms with Gasteiger partial charge in [-0.25, -0.2) is 0 Å². The van der Waals surface area contributed by atoms with Gasteiger partial charge in [-0.15, -0.1) is 12.4 Å². The number of piperidine rings is 1. The topological polar surface area (TPSA) is 50.4 Å². The molecule has 1 atom stereocenters. The summed E-state index contributed by atoms with van der Waals surface area (Å²) in [5.74, 6) is -0.280. The molecule has 0 radical (unpaired) electrons. The van der Waals surface area contributed by atoms with Gasteiger partial charge in [-0.05, 0) is 37.6 Å². The Balaban J connectivity index is 0.00000200. The number of carbonyl (C=O) groups is 1. The molecule has 4 nitrogen and oxygen atoms in total. The summed E-state index contributed by atoms with van der Waals surface area (Å²) in [6.45, 7) is -1.19. The van der Waals surface area contributed by atoms with Gasteiger partial charge in [-0.2, -0.15) is 8.78 Å². The summed E-state index contributed by atoms with van der Waals surface area (Å²) in [4.78, 5) is 12.0. The molecular formula is C13H17ClF2N2O2. The van der Waals surface area contributed by atoms with Crippen LogP contribution < -0.4 is 15.4 Å². The lowest BCUT2D eigenvalue weighted by atomic mass is 10.1. The van der Waals surface area contributed by atoms with Gasteiger partial charge in [0.05, 0.1) is 0 Å². The van der Waals surface area contributed by atoms with Crippen molar-refractivity contribution < 1.29 is 18.3 Å². The molecule has 0 saturated carbocycles. The fourth-order valence-corrected chi connectivity index (χ4v) is 2.06. The second kappa shape index (κ2) is 8.01. The molecule has 2 rings (SSSR count). The molecule has 0 aromatic heterocycles. The van der Waals surface area contributed by atoms with Crippen molar-refractivity contribution in [1.29, 1.82) is 0 Å². The van der Waals surface area contributed by atoms with Crippen LogP contribution in [-0.4, -0.2) is 31.7 Å². The van der Waals surface area contributed by atoms with E-state index >= 15 is 0 Å². The average Bonchev–Trinajstić information content (AvgIpc) is 2.39. The van der Waals surface area contributed by atoms with Crippen molar-refractivity contribution in [3.63, 3.8) is 0 Å². The van der Waals surface area contributed by atoms with E-state index in [-0.39, 0.29) is 30.1 Å². The van der Waals surface area contributed by atoms with Crippen LogP contribution in [0.4, 0.5) is 8.78 Å². The number of ether oxygens (including phenoxy) is 1. The maximum absolute atomic E-state index is 12.1. The molecule has 0 aliphatic carbocycles. The summed E-state index contributed by atoms with van der Waals surface area (Å²) in [6.07, 6.45) is 1.94. The SMILES string of the molecule is Cl.O=C(N[C@@H]1CCCNC1)c1cccc(OC(F)F)c1. The summed E-state index contributed by atoms with van der Waals surface area (Å²) in [6, 6.07) is 5.89. The van der Waals surface area contributed by atoms with Gasteiger partial charge in [0.15, 0.2) is 0 Å². The first-order valence-electron chi connectivity index (χ1n) is 6.21. The molecule has 7 heteroatoms. The lowest BCUT2D eigenvalue weighted by Gasteiger charge is -2.23. The van der Waals surface area contributed by atoms with Crippen molar-refractivity contribution >= 4 is 18.3 Å². The summed E-state index contributed by atoms with van der Waals surface area (Å²) >= 11 is 0. The molecule has 1 heterocycles. The number of carbonyl (C=O) groups excluding carboxylic acids is 1. The molecule has 112 valence electrons. The molecule has 20 heavy (non-hydrogen) atoms. The molecule has 1 aliphatic heterocycles. The van der Waals surface area contributed by atoms with Crippen LogP contribution >= 0.6 is 12.4 Å². The van der Waals surface area contributed by atoms with Gasteiger partial charge in [0.1, 0.15) is 5.75 Å². The first-order chi connectivity index (χ1) is 9.15. The van der Waals surface area contributed by atoms with Gasteiger partial charge in [0.2, 0.25) is 0 Å². The van der Waals surface area contributed by atoms with E-state index in [1.807, 2.05) is 0 Å². The van der Waals surface area contributed by atoms with Crippen molar-refractivity contribution in [1.82, 2.24) is 10.6 Å². The molecule has 1 saturated heterocycles. The Morgan fingerprint density at radius 2 is 2.25 bits per heavy atom. The third-order valence-corrected chi connectivity index (χ3v) is 2.95. The minimum atomic E-state index is -2.89. The molecule has 1 aromatic rings. The Bertz CT molecular complexity index is 440. The highest BCUT2D eigenvalue weighted by molar-refractivity contribution is 5.94. The molecular weight excluding hydrogens is 290 g/mol. The summed E-state index contributed by atoms with van der Waals surface area (Å²) < 4.78 is 28.5. The Morgan fingerprint density at radius 1 is 1.45 bits per heavy atom. The smallest absolute Gasteiger partial charge is 0.387 e. The maximum atomic E-state index is 12.1. The average molecular weight is 307 g/mol. The lowest BCUT2D eigenvalue weighted by molar-refractivity contribution is -0.0498. The van der Waals surface area contributed by atoms with Gasteiger partial charge in [0, 0.05) is 18.2 Å². The van der Waals surface area contributed by atoms with Crippen LogP contribution in [0.15, 0.2) is 24.3 Å². The summed E-state index contributed by atoms with van der Waals surface area (Å²) in [5, 5.41) is 6.06. The zero-order valence-electron chi connectivity index (χ0n) is 10.8. The molecule has 1 fully saturated rings. The van der Waals surface area contributed by atoms with Crippen molar-refractivity contribution in [2.45, 2.75) is 25.5 Å². The Labute approximate surface area is 122 Å². The van der Waals surface area contributed by atoms with E-state index in [1.165, 1.54) is 18.2 Å². The molecule has 0 unspecified atom stereocenters. The maximum Gasteiger partial charge on any atom is 0.387 e. The predicted octanol–water partition coefficient (Wildman–Crippen LogP) is 2.19. The van der Waals surface area contributed by atoms with Gasteiger partial charge in [-0.1, -0.05) is 6.07 Å². The van der Waals surface area contributed by atoms with Crippen LogP contribution in [0.2, 0.25) is 0 Å². The van der Waals surface area contributed by atoms with Crippen LogP contribution in [0.1, 0.15) is 23.2 Å². The highest BCUT2D eigenvalue weighted by Gasteiger charge is 2.16. The minimum Gasteiger partial charge on any atom is -0.435 e. The van der Waals surface area contributed by atoms with E-state index in [1.54, 1.807) is 6.07 Å². The van der Waals surface area contributed by atoms with Crippen LogP contribution in [0.5, 0.6) is 5.75 Å². The number of hydrogen-bond donors (Lipinski definition) is 2. The summed E-state index contributed by atoms with van der Waals surface area (Å²) in [7, 11) is 0.